The van der Waals surface area contributed by atoms with E-state index in [4.69, 9.17) is 0 Å². The fourth-order valence-corrected chi connectivity index (χ4v) is 3.70. The second kappa shape index (κ2) is 6.18. The Balaban J connectivity index is 1.77. The molecule has 23 heavy (non-hydrogen) atoms. The summed E-state index contributed by atoms with van der Waals surface area (Å²) in [7, 11) is 1.93. The number of aryl methyl sites for hydroxylation is 2. The summed E-state index contributed by atoms with van der Waals surface area (Å²) in [5.74, 6) is 0.0549. The van der Waals surface area contributed by atoms with Crippen molar-refractivity contribution in [1.29, 1.82) is 0 Å². The lowest BCUT2D eigenvalue weighted by atomic mass is 9.96. The number of hydrogen-bond acceptors (Lipinski definition) is 3. The minimum absolute atomic E-state index is 0.148. The molecule has 1 amide bonds. The molecular weight excluding hydrogens is 290 g/mol. The predicted molar refractivity (Wildman–Crippen MR) is 88.2 cm³/mol. The molecule has 6 heteroatoms. The molecule has 1 aliphatic rings. The molecule has 0 bridgehead atoms. The summed E-state index contributed by atoms with van der Waals surface area (Å²) in [6.07, 6.45) is 7.76. The summed E-state index contributed by atoms with van der Waals surface area (Å²) < 4.78 is 3.98. The topological polar surface area (TPSA) is 56.0 Å². The molecule has 0 unspecified atom stereocenters. The number of carbonyl (C=O) groups is 1. The van der Waals surface area contributed by atoms with Crippen LogP contribution in [0.25, 0.3) is 0 Å². The number of amides is 1. The van der Waals surface area contributed by atoms with Crippen LogP contribution < -0.4 is 0 Å². The highest BCUT2D eigenvalue weighted by Gasteiger charge is 2.30. The Morgan fingerprint density at radius 1 is 1.39 bits per heavy atom. The maximum absolute atomic E-state index is 13.0. The summed E-state index contributed by atoms with van der Waals surface area (Å²) in [6.45, 7) is 7.62. The third-order valence-corrected chi connectivity index (χ3v) is 5.02. The van der Waals surface area contributed by atoms with Crippen LogP contribution in [0.15, 0.2) is 18.7 Å². The fraction of sp³-hybridized carbons (Fsp3) is 0.588. The van der Waals surface area contributed by atoms with Crippen LogP contribution in [0, 0.1) is 13.8 Å². The number of carbonyl (C=O) groups excluding carboxylic acids is 1. The highest BCUT2D eigenvalue weighted by molar-refractivity contribution is 5.84. The first-order valence-electron chi connectivity index (χ1n) is 8.25. The monoisotopic (exact) mass is 315 g/mol. The van der Waals surface area contributed by atoms with Gasteiger partial charge < -0.3 is 9.47 Å². The van der Waals surface area contributed by atoms with E-state index in [1.807, 2.05) is 49.9 Å². The van der Waals surface area contributed by atoms with E-state index in [0.29, 0.717) is 6.04 Å². The van der Waals surface area contributed by atoms with Gasteiger partial charge in [0, 0.05) is 43.8 Å². The molecule has 0 saturated carbocycles. The fourth-order valence-electron chi connectivity index (χ4n) is 3.70. The Kier molecular flexibility index (Phi) is 4.24. The van der Waals surface area contributed by atoms with Crippen LogP contribution >= 0.6 is 0 Å². The van der Waals surface area contributed by atoms with Gasteiger partial charge >= 0.3 is 0 Å². The van der Waals surface area contributed by atoms with Gasteiger partial charge in [-0.05, 0) is 33.6 Å². The Morgan fingerprint density at radius 3 is 2.78 bits per heavy atom. The molecule has 0 radical (unpaired) electrons. The van der Waals surface area contributed by atoms with Crippen LogP contribution in [0.2, 0.25) is 0 Å². The standard InChI is InChI=1S/C17H25N5O/c1-12(16-13(2)19-20(4)14(16)3)17(23)21-8-5-6-15(10-21)22-9-7-18-11-22/h7,9,11-12,15H,5-6,8,10H2,1-4H3/t12-,15+/m0/s1. The molecular formula is C17H25N5O. The van der Waals surface area contributed by atoms with Crippen molar-refractivity contribution in [2.24, 2.45) is 7.05 Å². The van der Waals surface area contributed by atoms with Crippen molar-refractivity contribution in [2.75, 3.05) is 13.1 Å². The Bertz CT molecular complexity index is 688. The third-order valence-electron chi connectivity index (χ3n) is 5.02. The van der Waals surface area contributed by atoms with E-state index in [-0.39, 0.29) is 11.8 Å². The van der Waals surface area contributed by atoms with Gasteiger partial charge in [0.2, 0.25) is 5.91 Å². The van der Waals surface area contributed by atoms with Gasteiger partial charge in [0.1, 0.15) is 0 Å². The molecule has 1 fully saturated rings. The summed E-state index contributed by atoms with van der Waals surface area (Å²) in [5.41, 5.74) is 3.10. The highest BCUT2D eigenvalue weighted by atomic mass is 16.2. The molecule has 3 heterocycles. The van der Waals surface area contributed by atoms with E-state index in [1.165, 1.54) is 0 Å². The second-order valence-corrected chi connectivity index (χ2v) is 6.52. The van der Waals surface area contributed by atoms with E-state index in [9.17, 15) is 4.79 Å². The minimum Gasteiger partial charge on any atom is -0.340 e. The Hall–Kier alpha value is -2.11. The van der Waals surface area contributed by atoms with Crippen molar-refractivity contribution in [1.82, 2.24) is 24.2 Å². The van der Waals surface area contributed by atoms with E-state index < -0.39 is 0 Å². The van der Waals surface area contributed by atoms with Crippen molar-refractivity contribution in [3.8, 4) is 0 Å². The zero-order valence-corrected chi connectivity index (χ0v) is 14.4. The van der Waals surface area contributed by atoms with Gasteiger partial charge in [-0.15, -0.1) is 0 Å². The van der Waals surface area contributed by atoms with Crippen molar-refractivity contribution in [3.63, 3.8) is 0 Å². The third kappa shape index (κ3) is 2.90. The van der Waals surface area contributed by atoms with Crippen LogP contribution in [0.4, 0.5) is 0 Å². The lowest BCUT2D eigenvalue weighted by Crippen LogP contribution is -2.42. The zero-order valence-electron chi connectivity index (χ0n) is 14.4. The molecule has 1 aliphatic heterocycles. The molecule has 0 N–H and O–H groups in total. The van der Waals surface area contributed by atoms with Crippen molar-refractivity contribution < 1.29 is 4.79 Å². The lowest BCUT2D eigenvalue weighted by Gasteiger charge is -2.35. The number of nitrogens with zero attached hydrogens (tertiary/aromatic N) is 5. The SMILES string of the molecule is Cc1nn(C)c(C)c1[C@H](C)C(=O)N1CCC[C@@H](n2ccnc2)C1. The molecule has 2 aromatic rings. The van der Waals surface area contributed by atoms with Gasteiger partial charge in [0.25, 0.3) is 0 Å². The normalized spacial score (nSPS) is 19.8. The number of aromatic nitrogens is 4. The molecule has 6 nitrogen and oxygen atoms in total. The minimum atomic E-state index is -0.148. The number of imidazole rings is 1. The van der Waals surface area contributed by atoms with E-state index in [2.05, 4.69) is 14.6 Å². The first kappa shape index (κ1) is 15.8. The zero-order chi connectivity index (χ0) is 16.6. The summed E-state index contributed by atoms with van der Waals surface area (Å²) in [6, 6.07) is 0.332. The largest absolute Gasteiger partial charge is 0.340 e. The van der Waals surface area contributed by atoms with Crippen LogP contribution in [0.3, 0.4) is 0 Å². The molecule has 0 spiro atoms. The smallest absolute Gasteiger partial charge is 0.230 e. The molecule has 2 atom stereocenters. The van der Waals surface area contributed by atoms with Gasteiger partial charge in [-0.3, -0.25) is 9.48 Å². The summed E-state index contributed by atoms with van der Waals surface area (Å²) in [4.78, 5) is 19.1. The first-order chi connectivity index (χ1) is 11.0. The van der Waals surface area contributed by atoms with Gasteiger partial charge in [0.05, 0.1) is 24.0 Å². The van der Waals surface area contributed by atoms with Crippen molar-refractivity contribution in [3.05, 3.63) is 35.7 Å². The Labute approximate surface area is 137 Å². The second-order valence-electron chi connectivity index (χ2n) is 6.52. The Morgan fingerprint density at radius 2 is 2.17 bits per heavy atom. The molecule has 3 rings (SSSR count). The van der Waals surface area contributed by atoms with Gasteiger partial charge in [-0.25, -0.2) is 4.98 Å². The maximum Gasteiger partial charge on any atom is 0.230 e. The predicted octanol–water partition coefficient (Wildman–Crippen LogP) is 2.20. The van der Waals surface area contributed by atoms with Crippen molar-refractivity contribution >= 4 is 5.91 Å². The molecule has 1 saturated heterocycles. The van der Waals surface area contributed by atoms with E-state index >= 15 is 0 Å². The van der Waals surface area contributed by atoms with Gasteiger partial charge in [0.15, 0.2) is 0 Å². The average Bonchev–Trinajstić information content (AvgIpc) is 3.16. The average molecular weight is 315 g/mol. The molecule has 2 aromatic heterocycles. The number of rotatable bonds is 3. The summed E-state index contributed by atoms with van der Waals surface area (Å²) in [5, 5.41) is 4.45. The quantitative estimate of drug-likeness (QED) is 0.872. The number of likely N-dealkylation sites (tertiary alicyclic amines) is 1. The van der Waals surface area contributed by atoms with E-state index in [0.717, 1.165) is 42.9 Å². The summed E-state index contributed by atoms with van der Waals surface area (Å²) >= 11 is 0. The maximum atomic E-state index is 13.0. The van der Waals surface area contributed by atoms with Gasteiger partial charge in [-0.1, -0.05) is 0 Å². The molecule has 124 valence electrons. The highest BCUT2D eigenvalue weighted by Crippen LogP contribution is 2.28. The first-order valence-corrected chi connectivity index (χ1v) is 8.25. The van der Waals surface area contributed by atoms with Crippen LogP contribution in [-0.4, -0.2) is 43.2 Å². The van der Waals surface area contributed by atoms with Crippen LogP contribution in [0.5, 0.6) is 0 Å². The van der Waals surface area contributed by atoms with Crippen LogP contribution in [0.1, 0.15) is 48.7 Å². The molecule has 0 aliphatic carbocycles. The van der Waals surface area contributed by atoms with Gasteiger partial charge in [-0.2, -0.15) is 5.10 Å². The van der Waals surface area contributed by atoms with E-state index in [1.54, 1.807) is 6.20 Å². The van der Waals surface area contributed by atoms with Crippen molar-refractivity contribution in [2.45, 2.75) is 45.6 Å². The lowest BCUT2D eigenvalue weighted by molar-refractivity contribution is -0.134. The van der Waals surface area contributed by atoms with Crippen LogP contribution in [-0.2, 0) is 11.8 Å². The molecule has 0 aromatic carbocycles. The number of piperidine rings is 1. The number of hydrogen-bond donors (Lipinski definition) is 0.